The zero-order valence-electron chi connectivity index (χ0n) is 23.6. The van der Waals surface area contributed by atoms with Crippen LogP contribution < -0.4 is 0 Å². The van der Waals surface area contributed by atoms with Gasteiger partial charge in [-0.2, -0.15) is 0 Å². The van der Waals surface area contributed by atoms with Gasteiger partial charge in [-0.05, 0) is 92.7 Å². The van der Waals surface area contributed by atoms with Gasteiger partial charge in [-0.15, -0.1) is 0 Å². The maximum absolute atomic E-state index is 11.7. The van der Waals surface area contributed by atoms with Crippen LogP contribution in [0.2, 0.25) is 0 Å². The van der Waals surface area contributed by atoms with Crippen LogP contribution in [-0.4, -0.2) is 63.7 Å². The van der Waals surface area contributed by atoms with Crippen LogP contribution in [0.25, 0.3) is 54.2 Å². The Morgan fingerprint density at radius 1 is 0.512 bits per heavy atom. The number of hydrogen-bond donors (Lipinski definition) is 0. The molecule has 0 saturated heterocycles. The first-order chi connectivity index (χ1) is 19.8. The third kappa shape index (κ3) is 6.71. The number of benzene rings is 6. The van der Waals surface area contributed by atoms with Gasteiger partial charge in [-0.3, -0.25) is 0 Å². The Morgan fingerprint density at radius 2 is 0.814 bits per heavy atom. The van der Waals surface area contributed by atoms with Crippen molar-refractivity contribution in [1.82, 2.24) is 0 Å². The average Bonchev–Trinajstić information content (AvgIpc) is 2.92. The molecule has 0 saturated carbocycles. The molecule has 0 aromatic heterocycles. The molecule has 6 aromatic carbocycles. The van der Waals surface area contributed by atoms with E-state index in [4.69, 9.17) is 0 Å². The minimum Gasteiger partial charge on any atom is -0.744 e. The summed E-state index contributed by atoms with van der Waals surface area (Å²) >= 11 is 0. The summed E-state index contributed by atoms with van der Waals surface area (Å²) in [6.45, 7) is 10.9. The number of fused-ring (bicyclic) bond motifs is 4. The van der Waals surface area contributed by atoms with Gasteiger partial charge >= 0.3 is 37.7 Å². The minimum absolute atomic E-state index is 0. The van der Waals surface area contributed by atoms with Crippen LogP contribution in [0.4, 0.5) is 0 Å². The molecule has 0 aliphatic heterocycles. The van der Waals surface area contributed by atoms with E-state index >= 15 is 0 Å². The van der Waals surface area contributed by atoms with E-state index in [9.17, 15) is 25.9 Å². The van der Waals surface area contributed by atoms with Crippen molar-refractivity contribution < 1.29 is 25.9 Å². The molecule has 0 radical (unpaired) electrons. The molecule has 0 bridgehead atoms. The minimum atomic E-state index is -4.58. The summed E-state index contributed by atoms with van der Waals surface area (Å²) in [5.74, 6) is 0. The molecule has 43 heavy (non-hydrogen) atoms. The molecule has 212 valence electrons. The van der Waals surface area contributed by atoms with Gasteiger partial charge in [-0.25, -0.2) is 16.8 Å². The fraction of sp³-hybridized carbons (Fsp3) is 0.0588. The van der Waals surface area contributed by atoms with Crippen molar-refractivity contribution in [3.8, 4) is 0 Å². The van der Waals surface area contributed by atoms with E-state index < -0.39 is 20.2 Å². The maximum atomic E-state index is 11.7. The molecule has 6 rings (SSSR count). The molecule has 6 nitrogen and oxygen atoms in total. The van der Waals surface area contributed by atoms with Crippen LogP contribution in [0.5, 0.6) is 0 Å². The standard InChI is InChI=1S/2C17H14O3S.Ca/c2*1-11(2)15-8-7-14-9-12-5-3-4-6-13(12)10-16(14)17(15)21(18,19)20;/h2*3-10H,1H2,2H3,(H,18,19,20);/q;;+2/p-2. The second kappa shape index (κ2) is 12.5. The van der Waals surface area contributed by atoms with Crippen LogP contribution in [0.15, 0.2) is 120 Å². The number of rotatable bonds is 4. The Morgan fingerprint density at radius 3 is 1.09 bits per heavy atom. The molecular weight excluding hydrogens is 609 g/mol. The molecule has 0 spiro atoms. The van der Waals surface area contributed by atoms with Gasteiger partial charge in [0.05, 0.1) is 9.79 Å². The Balaban J connectivity index is 0.000000192. The van der Waals surface area contributed by atoms with Crippen molar-refractivity contribution in [2.24, 2.45) is 0 Å². The third-order valence-corrected chi connectivity index (χ3v) is 8.97. The Bertz CT molecular complexity index is 2140. The molecule has 9 heteroatoms. The fourth-order valence-electron chi connectivity index (χ4n) is 5.18. The molecular formula is C34H26CaO6S2. The zero-order chi connectivity index (χ0) is 30.4. The quantitative estimate of drug-likeness (QED) is 0.113. The molecule has 0 atom stereocenters. The van der Waals surface area contributed by atoms with Crippen LogP contribution in [0, 0.1) is 0 Å². The summed E-state index contributed by atoms with van der Waals surface area (Å²) in [6, 6.07) is 29.5. The summed E-state index contributed by atoms with van der Waals surface area (Å²) in [5.41, 5.74) is 1.87. The molecule has 0 heterocycles. The van der Waals surface area contributed by atoms with Gasteiger partial charge in [0.15, 0.2) is 0 Å². The molecule has 0 unspecified atom stereocenters. The first-order valence-electron chi connectivity index (χ1n) is 12.9. The van der Waals surface area contributed by atoms with Crippen molar-refractivity contribution in [3.05, 3.63) is 121 Å². The second-order valence-electron chi connectivity index (χ2n) is 10.2. The van der Waals surface area contributed by atoms with Gasteiger partial charge in [0.25, 0.3) is 0 Å². The number of allylic oxidation sites excluding steroid dienone is 2. The van der Waals surface area contributed by atoms with Gasteiger partial charge in [0.2, 0.25) is 0 Å². The van der Waals surface area contributed by atoms with Crippen LogP contribution in [0.3, 0.4) is 0 Å². The molecule has 0 aliphatic rings. The Hall–Kier alpha value is -3.08. The fourth-order valence-corrected chi connectivity index (χ4v) is 7.10. The summed E-state index contributed by atoms with van der Waals surface area (Å²) in [4.78, 5) is -0.364. The summed E-state index contributed by atoms with van der Waals surface area (Å²) in [5, 5.41) is 6.15. The van der Waals surface area contributed by atoms with Crippen molar-refractivity contribution in [1.29, 1.82) is 0 Å². The van der Waals surface area contributed by atoms with Gasteiger partial charge in [0, 0.05) is 10.8 Å². The molecule has 0 amide bonds. The van der Waals surface area contributed by atoms with Gasteiger partial charge in [-0.1, -0.05) is 86.0 Å². The van der Waals surface area contributed by atoms with Crippen molar-refractivity contribution in [2.75, 3.05) is 0 Å². The van der Waals surface area contributed by atoms with Crippen molar-refractivity contribution in [3.63, 3.8) is 0 Å². The second-order valence-corrected chi connectivity index (χ2v) is 12.8. The summed E-state index contributed by atoms with van der Waals surface area (Å²) < 4.78 is 70.3. The van der Waals surface area contributed by atoms with Crippen LogP contribution >= 0.6 is 0 Å². The van der Waals surface area contributed by atoms with E-state index in [0.717, 1.165) is 32.3 Å². The topological polar surface area (TPSA) is 114 Å². The molecule has 0 aliphatic carbocycles. The molecule has 0 N–H and O–H groups in total. The number of hydrogen-bond acceptors (Lipinski definition) is 6. The van der Waals surface area contributed by atoms with E-state index in [1.165, 1.54) is 0 Å². The average molecular weight is 635 g/mol. The van der Waals surface area contributed by atoms with E-state index in [-0.39, 0.29) is 47.5 Å². The van der Waals surface area contributed by atoms with Crippen LogP contribution in [0.1, 0.15) is 25.0 Å². The SMILES string of the molecule is C=C(C)c1ccc2cc3ccccc3cc2c1S(=O)(=O)[O-].C=C(C)c1ccc2cc3ccccc3cc2c1S(=O)(=O)[O-].[Ca+2]. The smallest absolute Gasteiger partial charge is 0.744 e. The Kier molecular flexibility index (Phi) is 9.54. The normalized spacial score (nSPS) is 11.6. The van der Waals surface area contributed by atoms with Gasteiger partial charge in [0.1, 0.15) is 20.2 Å². The zero-order valence-corrected chi connectivity index (χ0v) is 27.5. The maximum Gasteiger partial charge on any atom is 2.00 e. The molecule has 6 aromatic rings. The Labute approximate surface area is 280 Å². The first-order valence-corrected chi connectivity index (χ1v) is 15.7. The van der Waals surface area contributed by atoms with E-state index in [1.54, 1.807) is 38.1 Å². The van der Waals surface area contributed by atoms with Crippen molar-refractivity contribution >= 4 is 112 Å². The van der Waals surface area contributed by atoms with E-state index in [2.05, 4.69) is 13.2 Å². The predicted octanol–water partition coefficient (Wildman–Crippen LogP) is 7.48. The monoisotopic (exact) mass is 634 g/mol. The third-order valence-electron chi connectivity index (χ3n) is 7.09. The van der Waals surface area contributed by atoms with E-state index in [1.807, 2.05) is 72.8 Å². The first kappa shape index (κ1) is 32.8. The van der Waals surface area contributed by atoms with Crippen molar-refractivity contribution in [2.45, 2.75) is 23.6 Å². The molecule has 0 fully saturated rings. The summed E-state index contributed by atoms with van der Waals surface area (Å²) in [6.07, 6.45) is 0. The largest absolute Gasteiger partial charge is 2.00 e. The van der Waals surface area contributed by atoms with Crippen LogP contribution in [-0.2, 0) is 20.2 Å². The predicted molar refractivity (Wildman–Crippen MR) is 174 cm³/mol. The van der Waals surface area contributed by atoms with Gasteiger partial charge < -0.3 is 9.11 Å². The summed E-state index contributed by atoms with van der Waals surface area (Å²) in [7, 11) is -9.17. The van der Waals surface area contributed by atoms with E-state index in [0.29, 0.717) is 33.0 Å².